The molecule has 4 nitrogen and oxygen atoms in total. The van der Waals surface area contributed by atoms with Gasteiger partial charge in [0.2, 0.25) is 0 Å². The molecule has 0 bridgehead atoms. The van der Waals surface area contributed by atoms with Crippen molar-refractivity contribution in [1.29, 1.82) is 0 Å². The normalized spacial score (nSPS) is 12.1. The molecule has 146 valence electrons. The third-order valence-corrected chi connectivity index (χ3v) is 5.21. The lowest BCUT2D eigenvalue weighted by Gasteiger charge is -2.17. The fourth-order valence-corrected chi connectivity index (χ4v) is 3.65. The highest BCUT2D eigenvalue weighted by atomic mass is 16.5. The smallest absolute Gasteiger partial charge is 0.336 e. The maximum atomic E-state index is 12.1. The molecule has 0 saturated heterocycles. The van der Waals surface area contributed by atoms with Crippen molar-refractivity contribution in [3.05, 3.63) is 112 Å². The second-order valence-corrected chi connectivity index (χ2v) is 7.19. The summed E-state index contributed by atoms with van der Waals surface area (Å²) in [6, 6.07) is 26.4. The minimum absolute atomic E-state index is 0.136. The minimum atomic E-state index is -0.347. The number of methoxy groups -OCH3 is 1. The summed E-state index contributed by atoms with van der Waals surface area (Å²) in [5.74, 6) is 0.670. The molecule has 29 heavy (non-hydrogen) atoms. The van der Waals surface area contributed by atoms with Crippen molar-refractivity contribution in [2.24, 2.45) is 0 Å². The van der Waals surface area contributed by atoms with Gasteiger partial charge in [-0.05, 0) is 19.1 Å². The number of rotatable bonds is 6. The van der Waals surface area contributed by atoms with E-state index in [2.05, 4.69) is 60.8 Å². The molecule has 1 atom stereocenters. The Kier molecular flexibility index (Phi) is 5.45. The van der Waals surface area contributed by atoms with E-state index in [-0.39, 0.29) is 11.7 Å². The highest BCUT2D eigenvalue weighted by Gasteiger charge is 2.18. The number of aryl methyl sites for hydroxylation is 1. The van der Waals surface area contributed by atoms with Gasteiger partial charge in [-0.15, -0.1) is 0 Å². The van der Waals surface area contributed by atoms with Crippen LogP contribution in [0.2, 0.25) is 0 Å². The van der Waals surface area contributed by atoms with Crippen LogP contribution in [-0.4, -0.2) is 7.11 Å². The van der Waals surface area contributed by atoms with Crippen molar-refractivity contribution in [2.45, 2.75) is 19.5 Å². The van der Waals surface area contributed by atoms with E-state index in [4.69, 9.17) is 9.15 Å². The topological polar surface area (TPSA) is 56.0 Å². The van der Waals surface area contributed by atoms with E-state index < -0.39 is 0 Å². The first kappa shape index (κ1) is 19.0. The van der Waals surface area contributed by atoms with Crippen molar-refractivity contribution < 1.29 is 14.5 Å². The lowest BCUT2D eigenvalue weighted by molar-refractivity contribution is -0.702. The molecule has 4 rings (SSSR count). The Balaban J connectivity index is 1.69. The van der Waals surface area contributed by atoms with Gasteiger partial charge in [0.25, 0.3) is 0 Å². The van der Waals surface area contributed by atoms with Crippen LogP contribution in [0.15, 0.2) is 88.1 Å². The summed E-state index contributed by atoms with van der Waals surface area (Å²) in [5, 5.41) is 3.19. The molecular weight excluding hydrogens is 362 g/mol. The van der Waals surface area contributed by atoms with Crippen LogP contribution in [0.1, 0.15) is 28.3 Å². The van der Waals surface area contributed by atoms with Crippen LogP contribution < -0.4 is 15.7 Å². The molecule has 0 amide bonds. The second-order valence-electron chi connectivity index (χ2n) is 7.19. The molecule has 0 unspecified atom stereocenters. The van der Waals surface area contributed by atoms with Gasteiger partial charge >= 0.3 is 5.63 Å². The minimum Gasteiger partial charge on any atom is -0.497 e. The first-order chi connectivity index (χ1) is 14.1. The summed E-state index contributed by atoms with van der Waals surface area (Å²) in [7, 11) is 1.60. The van der Waals surface area contributed by atoms with Crippen LogP contribution in [0.5, 0.6) is 5.75 Å². The van der Waals surface area contributed by atoms with Gasteiger partial charge in [0, 0.05) is 34.2 Å². The standard InChI is InChI=1S/C25H23NO3/c1-17-8-10-19(11-9-17)25(18-6-4-3-5-7-18)26-16-20-14-24(27)29-23-15-21(28-2)12-13-22(20)23/h3-15,25-26H,16H2,1-2H3/p+1/t25-/m0/s1. The highest BCUT2D eigenvalue weighted by molar-refractivity contribution is 5.81. The summed E-state index contributed by atoms with van der Waals surface area (Å²) in [6.45, 7) is 2.75. The first-order valence-corrected chi connectivity index (χ1v) is 9.69. The zero-order valence-corrected chi connectivity index (χ0v) is 16.6. The molecule has 0 aliphatic carbocycles. The maximum absolute atomic E-state index is 12.1. The zero-order chi connectivity index (χ0) is 20.2. The zero-order valence-electron chi connectivity index (χ0n) is 16.6. The Hall–Kier alpha value is -3.37. The van der Waals surface area contributed by atoms with E-state index in [9.17, 15) is 4.79 Å². The summed E-state index contributed by atoms with van der Waals surface area (Å²) in [4.78, 5) is 12.1. The van der Waals surface area contributed by atoms with E-state index >= 15 is 0 Å². The van der Waals surface area contributed by atoms with Gasteiger partial charge in [-0.1, -0.05) is 60.2 Å². The van der Waals surface area contributed by atoms with Crippen LogP contribution in [0.4, 0.5) is 0 Å². The molecule has 0 saturated carbocycles. The van der Waals surface area contributed by atoms with Crippen molar-refractivity contribution >= 4 is 11.0 Å². The molecule has 1 aromatic heterocycles. The van der Waals surface area contributed by atoms with E-state index in [1.54, 1.807) is 19.2 Å². The summed E-state index contributed by atoms with van der Waals surface area (Å²) >= 11 is 0. The van der Waals surface area contributed by atoms with Crippen molar-refractivity contribution in [3.63, 3.8) is 0 Å². The molecular formula is C25H24NO3+. The average molecular weight is 386 g/mol. The fourth-order valence-electron chi connectivity index (χ4n) is 3.65. The number of hydrogen-bond acceptors (Lipinski definition) is 3. The van der Waals surface area contributed by atoms with E-state index in [0.29, 0.717) is 17.9 Å². The van der Waals surface area contributed by atoms with Crippen LogP contribution in [-0.2, 0) is 6.54 Å². The van der Waals surface area contributed by atoms with Crippen LogP contribution in [0.3, 0.4) is 0 Å². The number of fused-ring (bicyclic) bond motifs is 1. The average Bonchev–Trinajstić information content (AvgIpc) is 2.75. The monoisotopic (exact) mass is 386 g/mol. The number of hydrogen-bond donors (Lipinski definition) is 1. The molecule has 0 aliphatic rings. The fraction of sp³-hybridized carbons (Fsp3) is 0.160. The molecule has 0 fully saturated rings. The largest absolute Gasteiger partial charge is 0.497 e. The number of benzene rings is 3. The predicted molar refractivity (Wildman–Crippen MR) is 114 cm³/mol. The van der Waals surface area contributed by atoms with Crippen molar-refractivity contribution in [3.8, 4) is 5.75 Å². The molecule has 4 aromatic rings. The quantitative estimate of drug-likeness (QED) is 0.510. The molecule has 3 aromatic carbocycles. The van der Waals surface area contributed by atoms with Gasteiger partial charge in [0.1, 0.15) is 23.9 Å². The van der Waals surface area contributed by atoms with Crippen LogP contribution in [0.25, 0.3) is 11.0 Å². The predicted octanol–water partition coefficient (Wildman–Crippen LogP) is 3.96. The first-order valence-electron chi connectivity index (χ1n) is 9.69. The number of nitrogens with two attached hydrogens (primary N) is 1. The molecule has 0 spiro atoms. The Bertz CT molecular complexity index is 1160. The Morgan fingerprint density at radius 2 is 1.66 bits per heavy atom. The van der Waals surface area contributed by atoms with E-state index in [0.717, 1.165) is 10.9 Å². The van der Waals surface area contributed by atoms with Gasteiger partial charge in [-0.3, -0.25) is 0 Å². The Morgan fingerprint density at radius 3 is 2.38 bits per heavy atom. The van der Waals surface area contributed by atoms with E-state index in [1.807, 2.05) is 18.2 Å². The third kappa shape index (κ3) is 4.23. The highest BCUT2D eigenvalue weighted by Crippen LogP contribution is 2.23. The molecule has 2 N–H and O–H groups in total. The van der Waals surface area contributed by atoms with Crippen LogP contribution >= 0.6 is 0 Å². The summed E-state index contributed by atoms with van der Waals surface area (Å²) < 4.78 is 10.6. The van der Waals surface area contributed by atoms with Gasteiger partial charge in [0.15, 0.2) is 0 Å². The lowest BCUT2D eigenvalue weighted by atomic mass is 9.97. The van der Waals surface area contributed by atoms with Gasteiger partial charge in [0.05, 0.1) is 7.11 Å². The molecule has 1 heterocycles. The summed E-state index contributed by atoms with van der Waals surface area (Å²) in [5.41, 5.74) is 4.85. The maximum Gasteiger partial charge on any atom is 0.336 e. The van der Waals surface area contributed by atoms with Gasteiger partial charge < -0.3 is 14.5 Å². The van der Waals surface area contributed by atoms with E-state index in [1.165, 1.54) is 16.7 Å². The third-order valence-electron chi connectivity index (χ3n) is 5.21. The number of ether oxygens (including phenoxy) is 1. The van der Waals surface area contributed by atoms with Crippen LogP contribution in [0, 0.1) is 6.92 Å². The Labute approximate surface area is 169 Å². The summed E-state index contributed by atoms with van der Waals surface area (Å²) in [6.07, 6.45) is 0. The SMILES string of the molecule is COc1ccc2c(C[NH2+][C@@H](c3ccccc3)c3ccc(C)cc3)cc(=O)oc2c1. The lowest BCUT2D eigenvalue weighted by Crippen LogP contribution is -2.84. The van der Waals surface area contributed by atoms with Gasteiger partial charge in [-0.25, -0.2) is 4.79 Å². The second kappa shape index (κ2) is 8.33. The Morgan fingerprint density at radius 1 is 0.931 bits per heavy atom. The van der Waals surface area contributed by atoms with Gasteiger partial charge in [-0.2, -0.15) is 0 Å². The number of quaternary nitrogens is 1. The molecule has 0 radical (unpaired) electrons. The molecule has 0 aliphatic heterocycles. The molecule has 4 heteroatoms. The van der Waals surface area contributed by atoms with Crippen molar-refractivity contribution in [1.82, 2.24) is 0 Å². The van der Waals surface area contributed by atoms with Crippen molar-refractivity contribution in [2.75, 3.05) is 7.11 Å².